The van der Waals surface area contributed by atoms with Crippen molar-refractivity contribution in [3.8, 4) is 0 Å². The molecule has 19 heavy (non-hydrogen) atoms. The molecule has 1 unspecified atom stereocenters. The predicted molar refractivity (Wildman–Crippen MR) is 63.0 cm³/mol. The SMILES string of the molecule is O=C1C=CC(N2C(=O)c3ccccc3C2=O)C(=O)N1. The summed E-state index contributed by atoms with van der Waals surface area (Å²) in [7, 11) is 0. The van der Waals surface area contributed by atoms with Crippen molar-refractivity contribution in [3.05, 3.63) is 47.5 Å². The van der Waals surface area contributed by atoms with Crippen LogP contribution in [0.25, 0.3) is 0 Å². The summed E-state index contributed by atoms with van der Waals surface area (Å²) in [5.41, 5.74) is 0.538. The fourth-order valence-electron chi connectivity index (χ4n) is 2.17. The van der Waals surface area contributed by atoms with Gasteiger partial charge in [0.15, 0.2) is 0 Å². The van der Waals surface area contributed by atoms with E-state index >= 15 is 0 Å². The minimum Gasteiger partial charge on any atom is -0.291 e. The molecule has 1 aromatic carbocycles. The van der Waals surface area contributed by atoms with Crippen LogP contribution in [0.1, 0.15) is 20.7 Å². The Morgan fingerprint density at radius 3 is 2.05 bits per heavy atom. The molecule has 0 radical (unpaired) electrons. The van der Waals surface area contributed by atoms with Crippen molar-refractivity contribution >= 4 is 23.6 Å². The lowest BCUT2D eigenvalue weighted by atomic mass is 10.1. The molecule has 0 saturated carbocycles. The van der Waals surface area contributed by atoms with Crippen LogP contribution in [0, 0.1) is 0 Å². The standard InChI is InChI=1S/C13H8N2O4/c16-10-6-5-9(11(17)14-10)15-12(18)7-3-1-2-4-8(7)13(15)19/h1-6,9H,(H,14,16,17). The highest BCUT2D eigenvalue weighted by molar-refractivity contribution is 6.24. The smallest absolute Gasteiger partial charge is 0.262 e. The van der Waals surface area contributed by atoms with Crippen LogP contribution in [0.4, 0.5) is 0 Å². The van der Waals surface area contributed by atoms with Gasteiger partial charge in [0.2, 0.25) is 5.91 Å². The van der Waals surface area contributed by atoms with E-state index in [2.05, 4.69) is 5.32 Å². The highest BCUT2D eigenvalue weighted by atomic mass is 16.2. The first-order valence-electron chi connectivity index (χ1n) is 5.59. The Kier molecular flexibility index (Phi) is 2.31. The van der Waals surface area contributed by atoms with Gasteiger partial charge in [-0.15, -0.1) is 0 Å². The largest absolute Gasteiger partial charge is 0.291 e. The summed E-state index contributed by atoms with van der Waals surface area (Å²) in [6.07, 6.45) is 2.39. The Bertz CT molecular complexity index is 627. The Balaban J connectivity index is 2.03. The zero-order valence-electron chi connectivity index (χ0n) is 9.62. The fraction of sp³-hybridized carbons (Fsp3) is 0.0769. The van der Waals surface area contributed by atoms with Gasteiger partial charge in [-0.05, 0) is 18.2 Å². The minimum atomic E-state index is -1.08. The van der Waals surface area contributed by atoms with E-state index in [1.165, 1.54) is 18.2 Å². The van der Waals surface area contributed by atoms with Crippen LogP contribution in [-0.2, 0) is 9.59 Å². The molecule has 0 aromatic heterocycles. The molecule has 1 aromatic rings. The zero-order chi connectivity index (χ0) is 13.6. The molecule has 0 aliphatic carbocycles. The van der Waals surface area contributed by atoms with E-state index in [0.717, 1.165) is 11.0 Å². The lowest BCUT2D eigenvalue weighted by Gasteiger charge is -2.24. The van der Waals surface area contributed by atoms with Crippen LogP contribution in [0.15, 0.2) is 36.4 Å². The maximum absolute atomic E-state index is 12.1. The van der Waals surface area contributed by atoms with Crippen LogP contribution in [0.3, 0.4) is 0 Å². The van der Waals surface area contributed by atoms with Crippen LogP contribution >= 0.6 is 0 Å². The molecule has 2 heterocycles. The summed E-state index contributed by atoms with van der Waals surface area (Å²) in [5.74, 6) is -2.29. The van der Waals surface area contributed by atoms with Gasteiger partial charge in [0.1, 0.15) is 6.04 Å². The van der Waals surface area contributed by atoms with E-state index in [1.54, 1.807) is 12.1 Å². The fourth-order valence-corrected chi connectivity index (χ4v) is 2.17. The summed E-state index contributed by atoms with van der Waals surface area (Å²) >= 11 is 0. The van der Waals surface area contributed by atoms with Gasteiger partial charge in [0, 0.05) is 6.08 Å². The molecule has 2 aliphatic heterocycles. The number of fused-ring (bicyclic) bond motifs is 1. The molecule has 1 atom stereocenters. The molecular weight excluding hydrogens is 248 g/mol. The molecule has 6 heteroatoms. The Morgan fingerprint density at radius 2 is 1.53 bits per heavy atom. The Morgan fingerprint density at radius 1 is 0.947 bits per heavy atom. The number of rotatable bonds is 1. The Hall–Kier alpha value is -2.76. The van der Waals surface area contributed by atoms with E-state index in [9.17, 15) is 19.2 Å². The van der Waals surface area contributed by atoms with Gasteiger partial charge < -0.3 is 0 Å². The molecule has 0 bridgehead atoms. The summed E-state index contributed by atoms with van der Waals surface area (Å²) in [6, 6.07) is 5.28. The first-order valence-corrected chi connectivity index (χ1v) is 5.59. The average Bonchev–Trinajstić information content (AvgIpc) is 2.64. The first kappa shape index (κ1) is 11.3. The molecular formula is C13H8N2O4. The number of hydrogen-bond donors (Lipinski definition) is 1. The molecule has 0 fully saturated rings. The van der Waals surface area contributed by atoms with Crippen molar-refractivity contribution in [1.82, 2.24) is 10.2 Å². The first-order chi connectivity index (χ1) is 9.09. The lowest BCUT2D eigenvalue weighted by molar-refractivity contribution is -0.130. The molecule has 2 aliphatic rings. The molecule has 1 N–H and O–H groups in total. The Labute approximate surface area is 107 Å². The minimum absolute atomic E-state index is 0.269. The average molecular weight is 256 g/mol. The predicted octanol–water partition coefficient (Wildman–Crippen LogP) is -0.136. The monoisotopic (exact) mass is 256 g/mol. The third-order valence-electron chi connectivity index (χ3n) is 3.05. The normalized spacial score (nSPS) is 21.7. The summed E-state index contributed by atoms with van der Waals surface area (Å²) in [6.45, 7) is 0. The highest BCUT2D eigenvalue weighted by Crippen LogP contribution is 2.25. The van der Waals surface area contributed by atoms with Crippen molar-refractivity contribution < 1.29 is 19.2 Å². The van der Waals surface area contributed by atoms with Gasteiger partial charge in [-0.3, -0.25) is 29.4 Å². The third-order valence-corrected chi connectivity index (χ3v) is 3.05. The molecule has 94 valence electrons. The second kappa shape index (κ2) is 3.88. The van der Waals surface area contributed by atoms with Crippen LogP contribution in [-0.4, -0.2) is 34.6 Å². The number of nitrogens with one attached hydrogen (secondary N) is 1. The lowest BCUT2D eigenvalue weighted by Crippen LogP contribution is -2.51. The van der Waals surface area contributed by atoms with Crippen molar-refractivity contribution in [2.24, 2.45) is 0 Å². The number of hydrogen-bond acceptors (Lipinski definition) is 4. The summed E-state index contributed by atoms with van der Waals surface area (Å²) in [4.78, 5) is 47.9. The van der Waals surface area contributed by atoms with Gasteiger partial charge >= 0.3 is 0 Å². The van der Waals surface area contributed by atoms with Crippen LogP contribution < -0.4 is 5.32 Å². The maximum atomic E-state index is 12.1. The van der Waals surface area contributed by atoms with Crippen molar-refractivity contribution in [2.45, 2.75) is 6.04 Å². The molecule has 6 nitrogen and oxygen atoms in total. The van der Waals surface area contributed by atoms with Gasteiger partial charge in [0.05, 0.1) is 11.1 Å². The molecule has 3 rings (SSSR count). The topological polar surface area (TPSA) is 83.6 Å². The number of amides is 4. The number of nitrogens with zero attached hydrogens (tertiary/aromatic N) is 1. The highest BCUT2D eigenvalue weighted by Gasteiger charge is 2.42. The summed E-state index contributed by atoms with van der Waals surface area (Å²) < 4.78 is 0. The summed E-state index contributed by atoms with van der Waals surface area (Å²) in [5, 5.41) is 2.06. The zero-order valence-corrected chi connectivity index (χ0v) is 9.62. The van der Waals surface area contributed by atoms with Crippen LogP contribution in [0.5, 0.6) is 0 Å². The van der Waals surface area contributed by atoms with Gasteiger partial charge in [-0.25, -0.2) is 0 Å². The molecule has 4 amide bonds. The van der Waals surface area contributed by atoms with E-state index < -0.39 is 29.7 Å². The van der Waals surface area contributed by atoms with Crippen molar-refractivity contribution in [2.75, 3.05) is 0 Å². The van der Waals surface area contributed by atoms with Gasteiger partial charge in [0.25, 0.3) is 17.7 Å². The maximum Gasteiger partial charge on any atom is 0.262 e. The van der Waals surface area contributed by atoms with Gasteiger partial charge in [-0.2, -0.15) is 0 Å². The molecule has 0 spiro atoms. The molecule has 0 saturated heterocycles. The second-order valence-electron chi connectivity index (χ2n) is 4.18. The number of carbonyl (C=O) groups is 4. The van der Waals surface area contributed by atoms with Gasteiger partial charge in [-0.1, -0.05) is 12.1 Å². The van der Waals surface area contributed by atoms with Crippen LogP contribution in [0.2, 0.25) is 0 Å². The van der Waals surface area contributed by atoms with E-state index in [4.69, 9.17) is 0 Å². The van der Waals surface area contributed by atoms with E-state index in [1.807, 2.05) is 0 Å². The second-order valence-corrected chi connectivity index (χ2v) is 4.18. The number of imide groups is 2. The van der Waals surface area contributed by atoms with Crippen molar-refractivity contribution in [1.29, 1.82) is 0 Å². The van der Waals surface area contributed by atoms with Crippen molar-refractivity contribution in [3.63, 3.8) is 0 Å². The van der Waals surface area contributed by atoms with E-state index in [0.29, 0.717) is 0 Å². The number of carbonyl (C=O) groups excluding carboxylic acids is 4. The van der Waals surface area contributed by atoms with E-state index in [-0.39, 0.29) is 11.1 Å². The third kappa shape index (κ3) is 1.57. The quantitative estimate of drug-likeness (QED) is 0.709. The number of benzene rings is 1.